The Labute approximate surface area is 115 Å². The van der Waals surface area contributed by atoms with E-state index in [1.54, 1.807) is 0 Å². The average molecular weight is 257 g/mol. The molecule has 3 rings (SSSR count). The summed E-state index contributed by atoms with van der Waals surface area (Å²) in [7, 11) is 0. The van der Waals surface area contributed by atoms with Crippen LogP contribution in [0.1, 0.15) is 43.2 Å². The molecule has 0 unspecified atom stereocenters. The van der Waals surface area contributed by atoms with E-state index in [4.69, 9.17) is 0 Å². The van der Waals surface area contributed by atoms with Gasteiger partial charge in [0, 0.05) is 12.1 Å². The van der Waals surface area contributed by atoms with Crippen molar-refractivity contribution >= 4 is 11.6 Å². The molecule has 2 aliphatic rings. The van der Waals surface area contributed by atoms with Crippen LogP contribution in [0.2, 0.25) is 0 Å². The monoisotopic (exact) mass is 257 g/mol. The topological polar surface area (TPSA) is 29.1 Å². The van der Waals surface area contributed by atoms with Gasteiger partial charge in [-0.3, -0.25) is 4.79 Å². The Morgan fingerprint density at radius 2 is 2.11 bits per heavy atom. The van der Waals surface area contributed by atoms with Gasteiger partial charge in [-0.15, -0.1) is 0 Å². The van der Waals surface area contributed by atoms with E-state index in [1.165, 1.54) is 36.8 Å². The van der Waals surface area contributed by atoms with E-state index in [1.807, 2.05) is 12.1 Å². The van der Waals surface area contributed by atoms with Crippen LogP contribution < -0.4 is 5.32 Å². The van der Waals surface area contributed by atoms with Crippen molar-refractivity contribution < 1.29 is 4.79 Å². The van der Waals surface area contributed by atoms with E-state index in [2.05, 4.69) is 25.2 Å². The highest BCUT2D eigenvalue weighted by Crippen LogP contribution is 2.49. The van der Waals surface area contributed by atoms with E-state index < -0.39 is 0 Å². The Hall–Kier alpha value is -1.31. The molecule has 1 amide bonds. The third-order valence-electron chi connectivity index (χ3n) is 5.21. The molecule has 2 aliphatic carbocycles. The maximum absolute atomic E-state index is 12.2. The lowest BCUT2D eigenvalue weighted by Crippen LogP contribution is -2.20. The summed E-state index contributed by atoms with van der Waals surface area (Å²) in [6, 6.07) is 6.09. The smallest absolute Gasteiger partial charge is 0.224 e. The van der Waals surface area contributed by atoms with Crippen LogP contribution in [0.4, 0.5) is 5.69 Å². The van der Waals surface area contributed by atoms with Crippen molar-refractivity contribution in [3.8, 4) is 0 Å². The predicted octanol–water partition coefficient (Wildman–Crippen LogP) is 4.07. The zero-order valence-corrected chi connectivity index (χ0v) is 11.9. The second-order valence-electron chi connectivity index (χ2n) is 6.43. The molecule has 0 aromatic heterocycles. The summed E-state index contributed by atoms with van der Waals surface area (Å²) in [5.74, 6) is 2.59. The lowest BCUT2D eigenvalue weighted by Gasteiger charge is -2.21. The van der Waals surface area contributed by atoms with Gasteiger partial charge < -0.3 is 5.32 Å². The first-order valence-electron chi connectivity index (χ1n) is 7.49. The molecule has 2 bridgehead atoms. The van der Waals surface area contributed by atoms with Crippen LogP contribution in [0.15, 0.2) is 18.2 Å². The molecular formula is C17H23NO. The van der Waals surface area contributed by atoms with Crippen molar-refractivity contribution in [1.82, 2.24) is 0 Å². The largest absolute Gasteiger partial charge is 0.326 e. The molecule has 2 fully saturated rings. The zero-order chi connectivity index (χ0) is 13.4. The molecule has 0 aliphatic heterocycles. The first-order valence-corrected chi connectivity index (χ1v) is 7.49. The maximum Gasteiger partial charge on any atom is 0.224 e. The SMILES string of the molecule is Cc1cccc(NC(=O)C[C@H]2C[C@H]3CC[C@@H]2C3)c1C. The van der Waals surface area contributed by atoms with Crippen LogP contribution in [0.25, 0.3) is 0 Å². The summed E-state index contributed by atoms with van der Waals surface area (Å²) in [6.07, 6.45) is 6.13. The maximum atomic E-state index is 12.2. The molecule has 0 saturated heterocycles. The third kappa shape index (κ3) is 2.54. The molecule has 0 radical (unpaired) electrons. The average Bonchev–Trinajstić information content (AvgIpc) is 2.97. The van der Waals surface area contributed by atoms with Gasteiger partial charge in [0.25, 0.3) is 0 Å². The van der Waals surface area contributed by atoms with Crippen molar-refractivity contribution in [3.63, 3.8) is 0 Å². The summed E-state index contributed by atoms with van der Waals surface area (Å²) < 4.78 is 0. The van der Waals surface area contributed by atoms with Gasteiger partial charge in [-0.25, -0.2) is 0 Å². The van der Waals surface area contributed by atoms with E-state index in [-0.39, 0.29) is 5.91 Å². The highest BCUT2D eigenvalue weighted by molar-refractivity contribution is 5.91. The van der Waals surface area contributed by atoms with Crippen molar-refractivity contribution in [2.45, 2.75) is 46.0 Å². The quantitative estimate of drug-likeness (QED) is 0.869. The molecule has 3 atom stereocenters. The summed E-state index contributed by atoms with van der Waals surface area (Å²) in [5.41, 5.74) is 3.40. The van der Waals surface area contributed by atoms with Crippen LogP contribution in [-0.2, 0) is 4.79 Å². The lowest BCUT2D eigenvalue weighted by molar-refractivity contribution is -0.117. The molecule has 2 heteroatoms. The van der Waals surface area contributed by atoms with Crippen LogP contribution in [0, 0.1) is 31.6 Å². The highest BCUT2D eigenvalue weighted by Gasteiger charge is 2.40. The van der Waals surface area contributed by atoms with Crippen LogP contribution in [0.5, 0.6) is 0 Å². The third-order valence-corrected chi connectivity index (χ3v) is 5.21. The van der Waals surface area contributed by atoms with Gasteiger partial charge in [0.15, 0.2) is 0 Å². The number of fused-ring (bicyclic) bond motifs is 2. The standard InChI is InChI=1S/C17H23NO/c1-11-4-3-5-16(12(11)2)18-17(19)10-15-9-13-6-7-14(15)8-13/h3-5,13-15H,6-10H2,1-2H3,(H,18,19)/t13-,14+,15+/m0/s1. The lowest BCUT2D eigenvalue weighted by atomic mass is 9.86. The number of aryl methyl sites for hydroxylation is 1. The second kappa shape index (κ2) is 4.99. The highest BCUT2D eigenvalue weighted by atomic mass is 16.1. The van der Waals surface area contributed by atoms with E-state index in [9.17, 15) is 4.79 Å². The molecule has 0 heterocycles. The van der Waals surface area contributed by atoms with E-state index in [0.717, 1.165) is 17.5 Å². The molecule has 1 N–H and O–H groups in total. The summed E-state index contributed by atoms with van der Waals surface area (Å²) in [5, 5.41) is 3.10. The Morgan fingerprint density at radius 1 is 1.26 bits per heavy atom. The Balaban J connectivity index is 1.61. The van der Waals surface area contributed by atoms with Gasteiger partial charge in [-0.2, -0.15) is 0 Å². The van der Waals surface area contributed by atoms with Gasteiger partial charge >= 0.3 is 0 Å². The fourth-order valence-electron chi connectivity index (χ4n) is 3.95. The zero-order valence-electron chi connectivity index (χ0n) is 11.9. The molecule has 19 heavy (non-hydrogen) atoms. The van der Waals surface area contributed by atoms with Crippen LogP contribution in [0.3, 0.4) is 0 Å². The fourth-order valence-corrected chi connectivity index (χ4v) is 3.95. The number of anilines is 1. The molecule has 2 saturated carbocycles. The summed E-state index contributed by atoms with van der Waals surface area (Å²) in [6.45, 7) is 4.16. The fraction of sp³-hybridized carbons (Fsp3) is 0.588. The number of nitrogens with one attached hydrogen (secondary N) is 1. The first-order chi connectivity index (χ1) is 9.13. The molecule has 0 spiro atoms. The normalized spacial score (nSPS) is 28.6. The first kappa shape index (κ1) is 12.7. The summed E-state index contributed by atoms with van der Waals surface area (Å²) in [4.78, 5) is 12.2. The summed E-state index contributed by atoms with van der Waals surface area (Å²) >= 11 is 0. The second-order valence-corrected chi connectivity index (χ2v) is 6.43. The number of amides is 1. The number of hydrogen-bond donors (Lipinski definition) is 1. The number of hydrogen-bond acceptors (Lipinski definition) is 1. The minimum absolute atomic E-state index is 0.200. The number of rotatable bonds is 3. The van der Waals surface area contributed by atoms with Crippen LogP contribution in [-0.4, -0.2) is 5.91 Å². The Kier molecular flexibility index (Phi) is 3.34. The Bertz CT molecular complexity index is 494. The minimum Gasteiger partial charge on any atom is -0.326 e. The molecule has 1 aromatic rings. The molecule has 1 aromatic carbocycles. The predicted molar refractivity (Wildman–Crippen MR) is 78.1 cm³/mol. The minimum atomic E-state index is 0.200. The number of benzene rings is 1. The van der Waals surface area contributed by atoms with Gasteiger partial charge in [0.2, 0.25) is 5.91 Å². The van der Waals surface area contributed by atoms with Gasteiger partial charge in [-0.05, 0) is 68.1 Å². The van der Waals surface area contributed by atoms with Crippen LogP contribution >= 0.6 is 0 Å². The van der Waals surface area contributed by atoms with Crippen molar-refractivity contribution in [2.24, 2.45) is 17.8 Å². The van der Waals surface area contributed by atoms with Crippen molar-refractivity contribution in [2.75, 3.05) is 5.32 Å². The van der Waals surface area contributed by atoms with E-state index in [0.29, 0.717) is 12.3 Å². The van der Waals surface area contributed by atoms with E-state index >= 15 is 0 Å². The molecule has 2 nitrogen and oxygen atoms in total. The van der Waals surface area contributed by atoms with Gasteiger partial charge in [-0.1, -0.05) is 18.6 Å². The molecule has 102 valence electrons. The van der Waals surface area contributed by atoms with Gasteiger partial charge in [0.1, 0.15) is 0 Å². The number of carbonyl (C=O) groups excluding carboxylic acids is 1. The molecular weight excluding hydrogens is 234 g/mol. The van der Waals surface area contributed by atoms with Crippen molar-refractivity contribution in [1.29, 1.82) is 0 Å². The van der Waals surface area contributed by atoms with Crippen molar-refractivity contribution in [3.05, 3.63) is 29.3 Å². The Morgan fingerprint density at radius 3 is 2.79 bits per heavy atom. The number of carbonyl (C=O) groups is 1. The van der Waals surface area contributed by atoms with Gasteiger partial charge in [0.05, 0.1) is 0 Å².